The Morgan fingerprint density at radius 2 is 1.94 bits per heavy atom. The first-order valence-electron chi connectivity index (χ1n) is 6.16. The Kier molecular flexibility index (Phi) is 7.31. The molecular formula is C13H21Br2NS. The molecule has 0 saturated carbocycles. The second kappa shape index (κ2) is 7.93. The standard InChI is InChI=1S/C13H21Br2NS/c1-9(2)5-4-6-10(3)16-8-11-7-12(14)13(15)17-11/h7,9-10,16H,4-6,8H2,1-3H3. The average Bonchev–Trinajstić information content (AvgIpc) is 2.55. The molecule has 0 saturated heterocycles. The molecule has 0 fully saturated rings. The first kappa shape index (κ1) is 15.7. The molecule has 98 valence electrons. The van der Waals surface area contributed by atoms with E-state index in [9.17, 15) is 0 Å². The number of nitrogens with one attached hydrogen (secondary N) is 1. The van der Waals surface area contributed by atoms with E-state index in [0.717, 1.165) is 16.9 Å². The first-order valence-corrected chi connectivity index (χ1v) is 8.56. The van der Waals surface area contributed by atoms with Gasteiger partial charge >= 0.3 is 0 Å². The maximum atomic E-state index is 3.58. The molecule has 1 aromatic heterocycles. The molecule has 17 heavy (non-hydrogen) atoms. The molecule has 4 heteroatoms. The molecule has 0 radical (unpaired) electrons. The van der Waals surface area contributed by atoms with Crippen molar-refractivity contribution in [2.75, 3.05) is 0 Å². The Morgan fingerprint density at radius 1 is 1.24 bits per heavy atom. The summed E-state index contributed by atoms with van der Waals surface area (Å²) in [5, 5.41) is 3.58. The van der Waals surface area contributed by atoms with Crippen LogP contribution in [-0.4, -0.2) is 6.04 Å². The second-order valence-corrected chi connectivity index (χ2v) is 8.25. The molecule has 0 spiro atoms. The maximum Gasteiger partial charge on any atom is 0.0843 e. The highest BCUT2D eigenvalue weighted by Gasteiger charge is 2.06. The lowest BCUT2D eigenvalue weighted by Gasteiger charge is -2.13. The quantitative estimate of drug-likeness (QED) is 0.649. The van der Waals surface area contributed by atoms with Gasteiger partial charge in [0, 0.05) is 21.9 Å². The molecule has 0 aliphatic rings. The van der Waals surface area contributed by atoms with E-state index >= 15 is 0 Å². The van der Waals surface area contributed by atoms with Gasteiger partial charge in [-0.05, 0) is 57.2 Å². The highest BCUT2D eigenvalue weighted by molar-refractivity contribution is 9.13. The normalized spacial score (nSPS) is 13.3. The summed E-state index contributed by atoms with van der Waals surface area (Å²) in [7, 11) is 0. The van der Waals surface area contributed by atoms with E-state index in [-0.39, 0.29) is 0 Å². The number of rotatable bonds is 7. The van der Waals surface area contributed by atoms with E-state index in [1.807, 2.05) is 0 Å². The van der Waals surface area contributed by atoms with Crippen molar-refractivity contribution >= 4 is 43.2 Å². The molecule has 1 atom stereocenters. The molecule has 0 amide bonds. The third-order valence-electron chi connectivity index (χ3n) is 2.74. The summed E-state index contributed by atoms with van der Waals surface area (Å²) in [6, 6.07) is 2.79. The lowest BCUT2D eigenvalue weighted by atomic mass is 10.0. The SMILES string of the molecule is CC(C)CCCC(C)NCc1cc(Br)c(Br)s1. The Bertz CT molecular complexity index is 317. The minimum atomic E-state index is 0.605. The van der Waals surface area contributed by atoms with Crippen LogP contribution in [0.1, 0.15) is 44.9 Å². The van der Waals surface area contributed by atoms with Gasteiger partial charge in [-0.15, -0.1) is 11.3 Å². The van der Waals surface area contributed by atoms with Gasteiger partial charge < -0.3 is 5.32 Å². The van der Waals surface area contributed by atoms with Gasteiger partial charge in [-0.2, -0.15) is 0 Å². The molecule has 0 aliphatic carbocycles. The number of hydrogen-bond acceptors (Lipinski definition) is 2. The van der Waals surface area contributed by atoms with Gasteiger partial charge in [-0.3, -0.25) is 0 Å². The fourth-order valence-corrected chi connectivity index (χ4v) is 3.82. The van der Waals surface area contributed by atoms with E-state index in [4.69, 9.17) is 0 Å². The summed E-state index contributed by atoms with van der Waals surface area (Å²) in [6.07, 6.45) is 3.93. The average molecular weight is 383 g/mol. The summed E-state index contributed by atoms with van der Waals surface area (Å²) in [6.45, 7) is 7.83. The van der Waals surface area contributed by atoms with Crippen molar-refractivity contribution in [2.45, 2.75) is 52.6 Å². The Labute approximate surface area is 126 Å². The van der Waals surface area contributed by atoms with Crippen LogP contribution in [0.3, 0.4) is 0 Å². The van der Waals surface area contributed by atoms with Crippen LogP contribution in [0.2, 0.25) is 0 Å². The third-order valence-corrected chi connectivity index (χ3v) is 6.00. The molecule has 1 rings (SSSR count). The fourth-order valence-electron chi connectivity index (χ4n) is 1.69. The highest BCUT2D eigenvalue weighted by atomic mass is 79.9. The molecule has 1 nitrogen and oxygen atoms in total. The molecule has 0 aromatic carbocycles. The topological polar surface area (TPSA) is 12.0 Å². The first-order chi connectivity index (χ1) is 7.99. The Balaban J connectivity index is 2.21. The van der Waals surface area contributed by atoms with Gasteiger partial charge in [0.15, 0.2) is 0 Å². The monoisotopic (exact) mass is 381 g/mol. The van der Waals surface area contributed by atoms with Gasteiger partial charge in [0.05, 0.1) is 3.79 Å². The van der Waals surface area contributed by atoms with Gasteiger partial charge in [-0.25, -0.2) is 0 Å². The van der Waals surface area contributed by atoms with E-state index in [1.54, 1.807) is 11.3 Å². The van der Waals surface area contributed by atoms with Crippen LogP contribution < -0.4 is 5.32 Å². The number of thiophene rings is 1. The van der Waals surface area contributed by atoms with Crippen molar-refractivity contribution < 1.29 is 0 Å². The van der Waals surface area contributed by atoms with Crippen LogP contribution in [0, 0.1) is 5.92 Å². The molecule has 0 aliphatic heterocycles. The minimum Gasteiger partial charge on any atom is -0.309 e. The van der Waals surface area contributed by atoms with Crippen LogP contribution in [0.4, 0.5) is 0 Å². The van der Waals surface area contributed by atoms with Crippen molar-refractivity contribution in [1.29, 1.82) is 0 Å². The number of halogens is 2. The zero-order valence-electron chi connectivity index (χ0n) is 10.7. The van der Waals surface area contributed by atoms with Gasteiger partial charge in [0.1, 0.15) is 0 Å². The molecule has 1 unspecified atom stereocenters. The largest absolute Gasteiger partial charge is 0.309 e. The van der Waals surface area contributed by atoms with Crippen molar-refractivity contribution in [1.82, 2.24) is 5.32 Å². The molecule has 1 heterocycles. The Hall–Kier alpha value is 0.620. The lowest BCUT2D eigenvalue weighted by Crippen LogP contribution is -2.24. The van der Waals surface area contributed by atoms with Crippen LogP contribution in [0.5, 0.6) is 0 Å². The maximum absolute atomic E-state index is 3.58. The van der Waals surface area contributed by atoms with E-state index < -0.39 is 0 Å². The van der Waals surface area contributed by atoms with Crippen LogP contribution in [0.25, 0.3) is 0 Å². The van der Waals surface area contributed by atoms with Crippen molar-refractivity contribution in [2.24, 2.45) is 5.92 Å². The smallest absolute Gasteiger partial charge is 0.0843 e. The van der Waals surface area contributed by atoms with E-state index in [2.05, 4.69) is 64.0 Å². The fraction of sp³-hybridized carbons (Fsp3) is 0.692. The van der Waals surface area contributed by atoms with Crippen LogP contribution in [0.15, 0.2) is 14.3 Å². The molecular weight excluding hydrogens is 362 g/mol. The summed E-state index contributed by atoms with van der Waals surface area (Å²) >= 11 is 8.83. The summed E-state index contributed by atoms with van der Waals surface area (Å²) in [5.74, 6) is 0.825. The second-order valence-electron chi connectivity index (χ2n) is 4.94. The van der Waals surface area contributed by atoms with Gasteiger partial charge in [0.25, 0.3) is 0 Å². The van der Waals surface area contributed by atoms with Crippen molar-refractivity contribution in [3.8, 4) is 0 Å². The van der Waals surface area contributed by atoms with Crippen molar-refractivity contribution in [3.05, 3.63) is 19.2 Å². The van der Waals surface area contributed by atoms with Crippen LogP contribution in [-0.2, 0) is 6.54 Å². The van der Waals surface area contributed by atoms with Crippen LogP contribution >= 0.6 is 43.2 Å². The minimum absolute atomic E-state index is 0.605. The molecule has 1 N–H and O–H groups in total. The predicted octanol–water partition coefficient (Wildman–Crippen LogP) is 5.58. The molecule has 1 aromatic rings. The zero-order chi connectivity index (χ0) is 12.8. The summed E-state index contributed by atoms with van der Waals surface area (Å²) in [4.78, 5) is 1.37. The molecule has 0 bridgehead atoms. The Morgan fingerprint density at radius 3 is 2.47 bits per heavy atom. The lowest BCUT2D eigenvalue weighted by molar-refractivity contribution is 0.458. The highest BCUT2D eigenvalue weighted by Crippen LogP contribution is 2.32. The van der Waals surface area contributed by atoms with E-state index in [0.29, 0.717) is 6.04 Å². The van der Waals surface area contributed by atoms with Gasteiger partial charge in [0.2, 0.25) is 0 Å². The zero-order valence-corrected chi connectivity index (χ0v) is 14.7. The summed E-state index contributed by atoms with van der Waals surface area (Å²) in [5.41, 5.74) is 0. The predicted molar refractivity (Wildman–Crippen MR) is 84.7 cm³/mol. The van der Waals surface area contributed by atoms with Gasteiger partial charge in [-0.1, -0.05) is 26.7 Å². The number of hydrogen-bond donors (Lipinski definition) is 1. The van der Waals surface area contributed by atoms with Crippen molar-refractivity contribution in [3.63, 3.8) is 0 Å². The third kappa shape index (κ3) is 6.37. The summed E-state index contributed by atoms with van der Waals surface area (Å²) < 4.78 is 2.34. The van der Waals surface area contributed by atoms with E-state index in [1.165, 1.54) is 27.9 Å².